The van der Waals surface area contributed by atoms with Gasteiger partial charge in [-0.15, -0.1) is 0 Å². The SMILES string of the molecule is Cc1ccc(NC(=O)CSc2nccn2-c2cccc(Cl)c2)cc1. The third-order valence-electron chi connectivity index (χ3n) is 3.36. The van der Waals surface area contributed by atoms with Crippen LogP contribution in [0.2, 0.25) is 5.02 Å². The standard InChI is InChI=1S/C18H16ClN3OS/c1-13-5-7-15(8-6-13)21-17(23)12-24-18-20-9-10-22(18)16-4-2-3-14(19)11-16/h2-11H,12H2,1H3,(H,21,23). The second-order valence-electron chi connectivity index (χ2n) is 5.26. The van der Waals surface area contributed by atoms with Crippen LogP contribution in [0.15, 0.2) is 66.1 Å². The summed E-state index contributed by atoms with van der Waals surface area (Å²) < 4.78 is 1.91. The van der Waals surface area contributed by atoms with E-state index >= 15 is 0 Å². The fourth-order valence-corrected chi connectivity index (χ4v) is 3.14. The molecule has 0 atom stereocenters. The molecule has 1 aromatic heterocycles. The van der Waals surface area contributed by atoms with Crippen molar-refractivity contribution in [2.45, 2.75) is 12.1 Å². The van der Waals surface area contributed by atoms with Crippen LogP contribution < -0.4 is 5.32 Å². The molecule has 1 N–H and O–H groups in total. The maximum absolute atomic E-state index is 12.1. The van der Waals surface area contributed by atoms with E-state index in [2.05, 4.69) is 10.3 Å². The van der Waals surface area contributed by atoms with E-state index in [-0.39, 0.29) is 11.7 Å². The van der Waals surface area contributed by atoms with Gasteiger partial charge in [-0.3, -0.25) is 9.36 Å². The van der Waals surface area contributed by atoms with Crippen LogP contribution in [0.4, 0.5) is 5.69 Å². The highest BCUT2D eigenvalue weighted by molar-refractivity contribution is 7.99. The van der Waals surface area contributed by atoms with E-state index in [9.17, 15) is 4.79 Å². The van der Waals surface area contributed by atoms with Crippen LogP contribution in [0.1, 0.15) is 5.56 Å². The van der Waals surface area contributed by atoms with E-state index in [0.29, 0.717) is 5.02 Å². The van der Waals surface area contributed by atoms with Crippen LogP contribution in [-0.2, 0) is 4.79 Å². The lowest BCUT2D eigenvalue weighted by atomic mass is 10.2. The van der Waals surface area contributed by atoms with Crippen LogP contribution in [-0.4, -0.2) is 21.2 Å². The van der Waals surface area contributed by atoms with Crippen molar-refractivity contribution < 1.29 is 4.79 Å². The quantitative estimate of drug-likeness (QED) is 0.680. The number of thioether (sulfide) groups is 1. The van der Waals surface area contributed by atoms with E-state index in [1.165, 1.54) is 11.8 Å². The Hall–Kier alpha value is -2.24. The smallest absolute Gasteiger partial charge is 0.234 e. The number of aryl methyl sites for hydroxylation is 1. The summed E-state index contributed by atoms with van der Waals surface area (Å²) in [7, 11) is 0. The number of aromatic nitrogens is 2. The van der Waals surface area contributed by atoms with Crippen LogP contribution >= 0.6 is 23.4 Å². The lowest BCUT2D eigenvalue weighted by Crippen LogP contribution is -2.14. The third-order valence-corrected chi connectivity index (χ3v) is 4.56. The van der Waals surface area contributed by atoms with Crippen molar-refractivity contribution in [3.05, 3.63) is 71.5 Å². The number of nitrogens with zero attached hydrogens (tertiary/aromatic N) is 2. The van der Waals surface area contributed by atoms with E-state index in [0.717, 1.165) is 22.1 Å². The van der Waals surface area contributed by atoms with Crippen LogP contribution in [0.3, 0.4) is 0 Å². The Kier molecular flexibility index (Phi) is 5.23. The zero-order chi connectivity index (χ0) is 16.9. The highest BCUT2D eigenvalue weighted by atomic mass is 35.5. The Bertz CT molecular complexity index is 845. The number of nitrogens with one attached hydrogen (secondary N) is 1. The molecule has 2 aromatic carbocycles. The number of hydrogen-bond donors (Lipinski definition) is 1. The first-order valence-electron chi connectivity index (χ1n) is 7.40. The predicted molar refractivity (Wildman–Crippen MR) is 99.1 cm³/mol. The van der Waals surface area contributed by atoms with Gasteiger partial charge >= 0.3 is 0 Å². The topological polar surface area (TPSA) is 46.9 Å². The van der Waals surface area contributed by atoms with Crippen molar-refractivity contribution in [1.29, 1.82) is 0 Å². The summed E-state index contributed by atoms with van der Waals surface area (Å²) >= 11 is 7.42. The van der Waals surface area contributed by atoms with Gasteiger partial charge in [0.1, 0.15) is 0 Å². The molecule has 1 heterocycles. The van der Waals surface area contributed by atoms with Gasteiger partial charge in [0.2, 0.25) is 5.91 Å². The van der Waals surface area contributed by atoms with Crippen molar-refractivity contribution in [3.8, 4) is 5.69 Å². The number of amides is 1. The Morgan fingerprint density at radius 1 is 1.25 bits per heavy atom. The molecule has 0 saturated carbocycles. The predicted octanol–water partition coefficient (Wildman–Crippen LogP) is 4.56. The molecule has 0 aliphatic rings. The maximum Gasteiger partial charge on any atom is 0.234 e. The Morgan fingerprint density at radius 3 is 2.79 bits per heavy atom. The van der Waals surface area contributed by atoms with Gasteiger partial charge in [-0.2, -0.15) is 0 Å². The average molecular weight is 358 g/mol. The number of anilines is 1. The minimum atomic E-state index is -0.0653. The van der Waals surface area contributed by atoms with E-state index in [4.69, 9.17) is 11.6 Å². The summed E-state index contributed by atoms with van der Waals surface area (Å²) in [5.74, 6) is 0.218. The molecule has 0 unspecified atom stereocenters. The van der Waals surface area contributed by atoms with E-state index < -0.39 is 0 Å². The summed E-state index contributed by atoms with van der Waals surface area (Å²) in [5, 5.41) is 4.29. The normalized spacial score (nSPS) is 10.6. The minimum absolute atomic E-state index is 0.0653. The number of rotatable bonds is 5. The summed E-state index contributed by atoms with van der Waals surface area (Å²) in [5.41, 5.74) is 2.87. The zero-order valence-corrected chi connectivity index (χ0v) is 14.6. The van der Waals surface area contributed by atoms with Gasteiger partial charge < -0.3 is 5.32 Å². The van der Waals surface area contributed by atoms with Gasteiger partial charge in [0.25, 0.3) is 0 Å². The van der Waals surface area contributed by atoms with Crippen LogP contribution in [0.5, 0.6) is 0 Å². The minimum Gasteiger partial charge on any atom is -0.325 e. The number of imidazole rings is 1. The fraction of sp³-hybridized carbons (Fsp3) is 0.111. The molecule has 0 radical (unpaired) electrons. The van der Waals surface area contributed by atoms with Crippen LogP contribution in [0.25, 0.3) is 5.69 Å². The summed E-state index contributed by atoms with van der Waals surface area (Å²) in [6, 6.07) is 15.2. The molecule has 0 aliphatic carbocycles. The summed E-state index contributed by atoms with van der Waals surface area (Å²) in [6.45, 7) is 2.01. The number of benzene rings is 2. The van der Waals surface area contributed by atoms with Gasteiger partial charge in [-0.25, -0.2) is 4.98 Å². The van der Waals surface area contributed by atoms with Crippen molar-refractivity contribution >= 4 is 35.0 Å². The van der Waals surface area contributed by atoms with Crippen molar-refractivity contribution in [3.63, 3.8) is 0 Å². The molecule has 24 heavy (non-hydrogen) atoms. The zero-order valence-electron chi connectivity index (χ0n) is 13.1. The number of hydrogen-bond acceptors (Lipinski definition) is 3. The maximum atomic E-state index is 12.1. The molecule has 3 rings (SSSR count). The van der Waals surface area contributed by atoms with Crippen molar-refractivity contribution in [1.82, 2.24) is 9.55 Å². The molecule has 1 amide bonds. The van der Waals surface area contributed by atoms with Gasteiger partial charge in [0.05, 0.1) is 5.75 Å². The first-order chi connectivity index (χ1) is 11.6. The van der Waals surface area contributed by atoms with Gasteiger partial charge in [0, 0.05) is 28.8 Å². The largest absolute Gasteiger partial charge is 0.325 e. The number of halogens is 1. The number of carbonyl (C=O) groups is 1. The lowest BCUT2D eigenvalue weighted by Gasteiger charge is -2.08. The first kappa shape index (κ1) is 16.6. The van der Waals surface area contributed by atoms with Gasteiger partial charge in [-0.1, -0.05) is 47.1 Å². The molecule has 0 aliphatic heterocycles. The highest BCUT2D eigenvalue weighted by Crippen LogP contribution is 2.22. The molecular formula is C18H16ClN3OS. The lowest BCUT2D eigenvalue weighted by molar-refractivity contribution is -0.113. The van der Waals surface area contributed by atoms with E-state index in [1.54, 1.807) is 6.20 Å². The second kappa shape index (κ2) is 7.55. The van der Waals surface area contributed by atoms with E-state index in [1.807, 2.05) is 66.2 Å². The Balaban J connectivity index is 1.64. The summed E-state index contributed by atoms with van der Waals surface area (Å²) in [4.78, 5) is 16.4. The second-order valence-corrected chi connectivity index (χ2v) is 6.64. The fourth-order valence-electron chi connectivity index (χ4n) is 2.18. The summed E-state index contributed by atoms with van der Waals surface area (Å²) in [6.07, 6.45) is 3.56. The average Bonchev–Trinajstić information content (AvgIpc) is 3.04. The molecule has 0 fully saturated rings. The molecule has 0 spiro atoms. The molecule has 122 valence electrons. The van der Waals surface area contributed by atoms with Crippen molar-refractivity contribution in [2.24, 2.45) is 0 Å². The Labute approximate surface area is 149 Å². The number of carbonyl (C=O) groups excluding carboxylic acids is 1. The third kappa shape index (κ3) is 4.19. The molecule has 0 bridgehead atoms. The highest BCUT2D eigenvalue weighted by Gasteiger charge is 2.09. The molecule has 4 nitrogen and oxygen atoms in total. The Morgan fingerprint density at radius 2 is 2.04 bits per heavy atom. The first-order valence-corrected chi connectivity index (χ1v) is 8.77. The van der Waals surface area contributed by atoms with Gasteiger partial charge in [-0.05, 0) is 37.3 Å². The van der Waals surface area contributed by atoms with Gasteiger partial charge in [0.15, 0.2) is 5.16 Å². The molecular weight excluding hydrogens is 342 g/mol. The van der Waals surface area contributed by atoms with Crippen molar-refractivity contribution in [2.75, 3.05) is 11.1 Å². The van der Waals surface area contributed by atoms with Crippen LogP contribution in [0, 0.1) is 6.92 Å². The molecule has 0 saturated heterocycles. The molecule has 6 heteroatoms. The molecule has 3 aromatic rings. The monoisotopic (exact) mass is 357 g/mol.